The summed E-state index contributed by atoms with van der Waals surface area (Å²) in [6, 6.07) is 16.8. The quantitative estimate of drug-likeness (QED) is 0.690. The van der Waals surface area contributed by atoms with Crippen LogP contribution in [-0.2, 0) is 14.3 Å². The minimum absolute atomic E-state index is 0.0178. The maximum Gasteiger partial charge on any atom is 0.336 e. The van der Waals surface area contributed by atoms with E-state index in [0.717, 1.165) is 11.3 Å². The monoisotopic (exact) mass is 417 g/mol. The van der Waals surface area contributed by atoms with Crippen LogP contribution in [0.3, 0.4) is 0 Å². The van der Waals surface area contributed by atoms with Crippen LogP contribution in [0.4, 0.5) is 0 Å². The van der Waals surface area contributed by atoms with Gasteiger partial charge in [-0.15, -0.1) is 0 Å². The number of phenols is 1. The zero-order chi connectivity index (χ0) is 22.0. The third-order valence-corrected chi connectivity index (χ3v) is 5.96. The first-order valence-corrected chi connectivity index (χ1v) is 10.7. The van der Waals surface area contributed by atoms with Gasteiger partial charge in [0.15, 0.2) is 5.78 Å². The van der Waals surface area contributed by atoms with E-state index in [0.29, 0.717) is 48.3 Å². The Labute approximate surface area is 182 Å². The molecule has 1 aliphatic carbocycles. The summed E-state index contributed by atoms with van der Waals surface area (Å²) in [4.78, 5) is 26.4. The van der Waals surface area contributed by atoms with Gasteiger partial charge in [0, 0.05) is 29.3 Å². The Morgan fingerprint density at radius 1 is 1.10 bits per heavy atom. The molecule has 160 valence electrons. The molecular weight excluding hydrogens is 390 g/mol. The normalized spacial score (nSPS) is 20.9. The lowest BCUT2D eigenvalue weighted by Gasteiger charge is -2.36. The number of allylic oxidation sites excluding steroid dienone is 3. The number of aromatic hydroxyl groups is 1. The molecule has 0 saturated carbocycles. The number of hydrogen-bond acceptors (Lipinski definition) is 5. The van der Waals surface area contributed by atoms with Gasteiger partial charge in [-0.1, -0.05) is 49.4 Å². The van der Waals surface area contributed by atoms with E-state index in [4.69, 9.17) is 4.74 Å². The number of ether oxygens (including phenoxy) is 1. The fourth-order valence-electron chi connectivity index (χ4n) is 4.58. The van der Waals surface area contributed by atoms with Gasteiger partial charge >= 0.3 is 5.97 Å². The highest BCUT2D eigenvalue weighted by molar-refractivity contribution is 6.04. The number of dihydropyridines is 1. The van der Waals surface area contributed by atoms with Crippen LogP contribution in [0.2, 0.25) is 0 Å². The molecule has 4 rings (SSSR count). The summed E-state index contributed by atoms with van der Waals surface area (Å²) in [5.74, 6) is -0.778. The van der Waals surface area contributed by atoms with Gasteiger partial charge < -0.3 is 15.2 Å². The second-order valence-corrected chi connectivity index (χ2v) is 8.16. The lowest BCUT2D eigenvalue weighted by Crippen LogP contribution is -2.36. The van der Waals surface area contributed by atoms with Gasteiger partial charge in [0.25, 0.3) is 0 Å². The summed E-state index contributed by atoms with van der Waals surface area (Å²) in [5.41, 5.74) is 4.42. The van der Waals surface area contributed by atoms with E-state index in [1.807, 2.05) is 38.1 Å². The number of phenolic OH excluding ortho intramolecular Hbond substituents is 1. The van der Waals surface area contributed by atoms with Gasteiger partial charge in [-0.2, -0.15) is 0 Å². The highest BCUT2D eigenvalue weighted by atomic mass is 16.5. The zero-order valence-electron chi connectivity index (χ0n) is 17.9. The first kappa shape index (κ1) is 20.9. The van der Waals surface area contributed by atoms with E-state index >= 15 is 0 Å². The summed E-state index contributed by atoms with van der Waals surface area (Å²) >= 11 is 0. The van der Waals surface area contributed by atoms with Crippen molar-refractivity contribution in [3.63, 3.8) is 0 Å². The molecule has 1 aliphatic heterocycles. The molecule has 0 bridgehead atoms. The van der Waals surface area contributed by atoms with Crippen molar-refractivity contribution in [1.82, 2.24) is 5.32 Å². The number of benzene rings is 2. The second kappa shape index (κ2) is 8.80. The van der Waals surface area contributed by atoms with Crippen molar-refractivity contribution in [3.05, 3.63) is 88.3 Å². The van der Waals surface area contributed by atoms with Gasteiger partial charge in [0.2, 0.25) is 0 Å². The van der Waals surface area contributed by atoms with Crippen LogP contribution in [0.25, 0.3) is 0 Å². The molecular formula is C26H27NO4. The summed E-state index contributed by atoms with van der Waals surface area (Å²) < 4.78 is 5.46. The Kier molecular flexibility index (Phi) is 5.94. The van der Waals surface area contributed by atoms with Gasteiger partial charge in [-0.3, -0.25) is 4.79 Å². The lowest BCUT2D eigenvalue weighted by molar-refractivity contribution is -0.139. The lowest BCUT2D eigenvalue weighted by atomic mass is 9.71. The summed E-state index contributed by atoms with van der Waals surface area (Å²) in [5, 5.41) is 13.4. The molecule has 0 spiro atoms. The van der Waals surface area contributed by atoms with E-state index in [9.17, 15) is 14.7 Å². The minimum atomic E-state index is -0.558. The van der Waals surface area contributed by atoms with Crippen molar-refractivity contribution < 1.29 is 19.4 Å². The Bertz CT molecular complexity index is 1070. The molecule has 0 aromatic heterocycles. The molecule has 31 heavy (non-hydrogen) atoms. The number of nitrogens with one attached hydrogen (secondary N) is 1. The van der Waals surface area contributed by atoms with Crippen molar-refractivity contribution in [2.45, 2.75) is 44.9 Å². The van der Waals surface area contributed by atoms with Crippen LogP contribution < -0.4 is 5.32 Å². The molecule has 1 heterocycles. The largest absolute Gasteiger partial charge is 0.508 e. The Morgan fingerprint density at radius 2 is 1.84 bits per heavy atom. The smallest absolute Gasteiger partial charge is 0.336 e. The predicted octanol–water partition coefficient (Wildman–Crippen LogP) is 4.71. The highest BCUT2D eigenvalue weighted by Gasteiger charge is 2.41. The van der Waals surface area contributed by atoms with Crippen LogP contribution in [0.1, 0.15) is 56.1 Å². The average molecular weight is 418 g/mol. The number of carbonyl (C=O) groups excluding carboxylic acids is 2. The first-order valence-electron chi connectivity index (χ1n) is 10.7. The van der Waals surface area contributed by atoms with Crippen LogP contribution in [0, 0.1) is 0 Å². The third kappa shape index (κ3) is 4.13. The van der Waals surface area contributed by atoms with Crippen LogP contribution in [0.15, 0.2) is 77.1 Å². The van der Waals surface area contributed by atoms with Crippen molar-refractivity contribution in [2.24, 2.45) is 0 Å². The van der Waals surface area contributed by atoms with E-state index in [2.05, 4.69) is 17.4 Å². The van der Waals surface area contributed by atoms with E-state index in [-0.39, 0.29) is 17.5 Å². The molecule has 2 atom stereocenters. The van der Waals surface area contributed by atoms with E-state index in [1.54, 1.807) is 18.2 Å². The number of carbonyl (C=O) groups is 2. The number of Topliss-reactive ketones (excluding diaryl/α,β-unsaturated/α-hetero) is 1. The van der Waals surface area contributed by atoms with Crippen LogP contribution in [0.5, 0.6) is 5.75 Å². The molecule has 2 aromatic rings. The average Bonchev–Trinajstić information content (AvgIpc) is 2.77. The van der Waals surface area contributed by atoms with E-state index in [1.165, 1.54) is 0 Å². The molecule has 5 heteroatoms. The van der Waals surface area contributed by atoms with Crippen LogP contribution in [-0.4, -0.2) is 23.5 Å². The van der Waals surface area contributed by atoms with Gasteiger partial charge in [0.05, 0.1) is 12.2 Å². The highest BCUT2D eigenvalue weighted by Crippen LogP contribution is 2.46. The fraction of sp³-hybridized carbons (Fsp3) is 0.308. The third-order valence-electron chi connectivity index (χ3n) is 5.96. The summed E-state index contributed by atoms with van der Waals surface area (Å²) in [6.07, 6.45) is 1.79. The molecule has 0 radical (unpaired) electrons. The molecule has 0 saturated heterocycles. The van der Waals surface area contributed by atoms with Crippen molar-refractivity contribution in [1.29, 1.82) is 0 Å². The SMILES string of the molecule is CCCOC(=O)C1=C(C)NC2=C(C(=O)C[C@@H](c3ccccc3)C2)[C@@H]1c1cccc(O)c1. The number of rotatable bonds is 5. The van der Waals surface area contributed by atoms with Gasteiger partial charge in [-0.25, -0.2) is 4.79 Å². The Balaban J connectivity index is 1.79. The Hall–Kier alpha value is -3.34. The maximum atomic E-state index is 13.4. The maximum absolute atomic E-state index is 13.4. The van der Waals surface area contributed by atoms with Crippen molar-refractivity contribution >= 4 is 11.8 Å². The van der Waals surface area contributed by atoms with Gasteiger partial charge in [0.1, 0.15) is 5.75 Å². The standard InChI is InChI=1S/C26H27NO4/c1-3-12-31-26(30)23-16(2)27-21-14-19(17-8-5-4-6-9-17)15-22(29)25(21)24(23)18-10-7-11-20(28)13-18/h4-11,13,19,24,27-28H,3,12,14-15H2,1-2H3/t19-,24+/m0/s1. The number of hydrogen-bond donors (Lipinski definition) is 2. The topological polar surface area (TPSA) is 75.6 Å². The first-order chi connectivity index (χ1) is 15.0. The fourth-order valence-corrected chi connectivity index (χ4v) is 4.58. The zero-order valence-corrected chi connectivity index (χ0v) is 17.9. The second-order valence-electron chi connectivity index (χ2n) is 8.16. The van der Waals surface area contributed by atoms with Crippen LogP contribution >= 0.6 is 0 Å². The summed E-state index contributed by atoms with van der Waals surface area (Å²) in [6.45, 7) is 4.10. The minimum Gasteiger partial charge on any atom is -0.508 e. The molecule has 5 nitrogen and oxygen atoms in total. The number of esters is 1. The van der Waals surface area contributed by atoms with Gasteiger partial charge in [-0.05, 0) is 48.9 Å². The molecule has 0 unspecified atom stereocenters. The number of ketones is 1. The van der Waals surface area contributed by atoms with E-state index < -0.39 is 11.9 Å². The molecule has 2 N–H and O–H groups in total. The molecule has 2 aromatic carbocycles. The molecule has 2 aliphatic rings. The van der Waals surface area contributed by atoms with Crippen molar-refractivity contribution in [3.8, 4) is 5.75 Å². The Morgan fingerprint density at radius 3 is 2.55 bits per heavy atom. The summed E-state index contributed by atoms with van der Waals surface area (Å²) in [7, 11) is 0. The molecule has 0 fully saturated rings. The van der Waals surface area contributed by atoms with Crippen molar-refractivity contribution in [2.75, 3.05) is 6.61 Å². The molecule has 0 amide bonds. The predicted molar refractivity (Wildman–Crippen MR) is 118 cm³/mol.